The lowest BCUT2D eigenvalue weighted by molar-refractivity contribution is 0.570. The third-order valence-electron chi connectivity index (χ3n) is 3.46. The summed E-state index contributed by atoms with van der Waals surface area (Å²) in [6.07, 6.45) is 3.61. The van der Waals surface area contributed by atoms with Gasteiger partial charge in [-0.05, 0) is 31.4 Å². The van der Waals surface area contributed by atoms with E-state index >= 15 is 0 Å². The van der Waals surface area contributed by atoms with Crippen molar-refractivity contribution in [1.29, 1.82) is 0 Å². The average Bonchev–Trinajstić information content (AvgIpc) is 2.70. The highest BCUT2D eigenvalue weighted by Gasteiger charge is 2.19. The number of hydrogen-bond acceptors (Lipinski definition) is 2. The summed E-state index contributed by atoms with van der Waals surface area (Å²) in [5.41, 5.74) is 0.866. The molecule has 17 heavy (non-hydrogen) atoms. The Kier molecular flexibility index (Phi) is 2.50. The van der Waals surface area contributed by atoms with Crippen LogP contribution in [0.3, 0.4) is 0 Å². The molecule has 0 bridgehead atoms. The summed E-state index contributed by atoms with van der Waals surface area (Å²) in [4.78, 5) is 2.20. The van der Waals surface area contributed by atoms with Gasteiger partial charge in [-0.25, -0.2) is 4.39 Å². The van der Waals surface area contributed by atoms with Crippen molar-refractivity contribution in [1.82, 2.24) is 9.78 Å². The van der Waals surface area contributed by atoms with Gasteiger partial charge in [0.1, 0.15) is 5.82 Å². The standard InChI is InChI=1S/C13H16FN3/c1-16-11-7-5-6-10(14)12(11)13(15-16)17-8-3-2-4-9-17/h5-7H,2-4,8-9H2,1H3. The van der Waals surface area contributed by atoms with Gasteiger partial charge in [0.25, 0.3) is 0 Å². The highest BCUT2D eigenvalue weighted by molar-refractivity contribution is 5.91. The smallest absolute Gasteiger partial charge is 0.161 e. The van der Waals surface area contributed by atoms with E-state index in [0.717, 1.165) is 24.4 Å². The minimum atomic E-state index is -0.170. The van der Waals surface area contributed by atoms with Gasteiger partial charge in [0.05, 0.1) is 10.9 Å². The Bertz CT molecular complexity index is 541. The molecule has 4 heteroatoms. The van der Waals surface area contributed by atoms with Crippen molar-refractivity contribution in [2.45, 2.75) is 19.3 Å². The lowest BCUT2D eigenvalue weighted by atomic mass is 10.1. The van der Waals surface area contributed by atoms with Gasteiger partial charge in [-0.1, -0.05) is 6.07 Å². The van der Waals surface area contributed by atoms with Crippen LogP contribution in [0, 0.1) is 5.82 Å². The second kappa shape index (κ2) is 4.02. The highest BCUT2D eigenvalue weighted by atomic mass is 19.1. The minimum absolute atomic E-state index is 0.170. The van der Waals surface area contributed by atoms with E-state index in [0.29, 0.717) is 5.39 Å². The molecule has 1 saturated heterocycles. The van der Waals surface area contributed by atoms with Crippen molar-refractivity contribution in [3.05, 3.63) is 24.0 Å². The molecule has 90 valence electrons. The van der Waals surface area contributed by atoms with Gasteiger partial charge >= 0.3 is 0 Å². The van der Waals surface area contributed by atoms with Crippen LogP contribution in [0.4, 0.5) is 10.2 Å². The summed E-state index contributed by atoms with van der Waals surface area (Å²) in [6.45, 7) is 1.97. The number of piperidine rings is 1. The molecule has 0 saturated carbocycles. The first-order valence-corrected chi connectivity index (χ1v) is 6.13. The molecule has 0 unspecified atom stereocenters. The van der Waals surface area contributed by atoms with Gasteiger partial charge in [-0.15, -0.1) is 0 Å². The molecule has 2 aromatic rings. The van der Waals surface area contributed by atoms with E-state index in [-0.39, 0.29) is 5.82 Å². The lowest BCUT2D eigenvalue weighted by Gasteiger charge is -2.26. The molecule has 1 aliphatic heterocycles. The first-order chi connectivity index (χ1) is 8.27. The maximum atomic E-state index is 13.9. The predicted octanol–water partition coefficient (Wildman–Crippen LogP) is 2.70. The van der Waals surface area contributed by atoms with Crippen molar-refractivity contribution < 1.29 is 4.39 Å². The number of aromatic nitrogens is 2. The van der Waals surface area contributed by atoms with Crippen molar-refractivity contribution >= 4 is 16.7 Å². The molecule has 0 spiro atoms. The molecular formula is C13H16FN3. The third-order valence-corrected chi connectivity index (χ3v) is 3.46. The fraction of sp³-hybridized carbons (Fsp3) is 0.462. The van der Waals surface area contributed by atoms with Crippen LogP contribution in [0.1, 0.15) is 19.3 Å². The van der Waals surface area contributed by atoms with Gasteiger partial charge in [-0.2, -0.15) is 5.10 Å². The summed E-state index contributed by atoms with van der Waals surface area (Å²) >= 11 is 0. The van der Waals surface area contributed by atoms with Crippen LogP contribution >= 0.6 is 0 Å². The maximum absolute atomic E-state index is 13.9. The fourth-order valence-corrected chi connectivity index (χ4v) is 2.58. The van der Waals surface area contributed by atoms with E-state index < -0.39 is 0 Å². The van der Waals surface area contributed by atoms with Crippen LogP contribution in [-0.2, 0) is 7.05 Å². The van der Waals surface area contributed by atoms with E-state index in [4.69, 9.17) is 0 Å². The Labute approximate surface area is 99.8 Å². The molecule has 2 heterocycles. The number of anilines is 1. The van der Waals surface area contributed by atoms with Gasteiger partial charge in [0, 0.05) is 20.1 Å². The van der Waals surface area contributed by atoms with Crippen molar-refractivity contribution in [3.63, 3.8) is 0 Å². The van der Waals surface area contributed by atoms with E-state index in [2.05, 4.69) is 10.00 Å². The molecule has 0 atom stereocenters. The molecule has 1 aliphatic rings. The quantitative estimate of drug-likeness (QED) is 0.755. The van der Waals surface area contributed by atoms with E-state index in [9.17, 15) is 4.39 Å². The third kappa shape index (κ3) is 1.68. The Morgan fingerprint density at radius 3 is 2.71 bits per heavy atom. The van der Waals surface area contributed by atoms with Crippen LogP contribution in [0.5, 0.6) is 0 Å². The van der Waals surface area contributed by atoms with Crippen molar-refractivity contribution in [2.75, 3.05) is 18.0 Å². The SMILES string of the molecule is Cn1nc(N2CCCCC2)c2c(F)cccc21. The normalized spacial score (nSPS) is 16.7. The highest BCUT2D eigenvalue weighted by Crippen LogP contribution is 2.29. The van der Waals surface area contributed by atoms with E-state index in [1.54, 1.807) is 10.7 Å². The predicted molar refractivity (Wildman–Crippen MR) is 66.7 cm³/mol. The molecule has 3 rings (SSSR count). The first-order valence-electron chi connectivity index (χ1n) is 6.13. The molecular weight excluding hydrogens is 217 g/mol. The Morgan fingerprint density at radius 2 is 1.94 bits per heavy atom. The summed E-state index contributed by atoms with van der Waals surface area (Å²) in [5, 5.41) is 5.14. The molecule has 1 fully saturated rings. The fourth-order valence-electron chi connectivity index (χ4n) is 2.58. The Balaban J connectivity index is 2.15. The monoisotopic (exact) mass is 233 g/mol. The van der Waals surface area contributed by atoms with Crippen LogP contribution < -0.4 is 4.90 Å². The van der Waals surface area contributed by atoms with E-state index in [1.807, 2.05) is 13.1 Å². The number of nitrogens with zero attached hydrogens (tertiary/aromatic N) is 3. The van der Waals surface area contributed by atoms with Crippen LogP contribution in [0.25, 0.3) is 10.9 Å². The van der Waals surface area contributed by atoms with Crippen molar-refractivity contribution in [2.24, 2.45) is 7.05 Å². The number of rotatable bonds is 1. The second-order valence-corrected chi connectivity index (χ2v) is 4.63. The van der Waals surface area contributed by atoms with Crippen LogP contribution in [0.2, 0.25) is 0 Å². The van der Waals surface area contributed by atoms with Crippen molar-refractivity contribution in [3.8, 4) is 0 Å². The largest absolute Gasteiger partial charge is 0.355 e. The number of fused-ring (bicyclic) bond motifs is 1. The van der Waals surface area contributed by atoms with Crippen LogP contribution in [-0.4, -0.2) is 22.9 Å². The minimum Gasteiger partial charge on any atom is -0.355 e. The number of hydrogen-bond donors (Lipinski definition) is 0. The van der Waals surface area contributed by atoms with Gasteiger partial charge in [-0.3, -0.25) is 4.68 Å². The number of halogens is 1. The Hall–Kier alpha value is -1.58. The Morgan fingerprint density at radius 1 is 1.18 bits per heavy atom. The molecule has 0 radical (unpaired) electrons. The van der Waals surface area contributed by atoms with Gasteiger partial charge in [0.2, 0.25) is 0 Å². The zero-order valence-electron chi connectivity index (χ0n) is 9.99. The zero-order chi connectivity index (χ0) is 11.8. The topological polar surface area (TPSA) is 21.1 Å². The summed E-state index contributed by atoms with van der Waals surface area (Å²) < 4.78 is 15.7. The van der Waals surface area contributed by atoms with Gasteiger partial charge < -0.3 is 4.90 Å². The molecule has 0 N–H and O–H groups in total. The van der Waals surface area contributed by atoms with E-state index in [1.165, 1.54) is 25.3 Å². The average molecular weight is 233 g/mol. The summed E-state index contributed by atoms with van der Waals surface area (Å²) in [5.74, 6) is 0.636. The molecule has 0 amide bonds. The number of benzene rings is 1. The maximum Gasteiger partial charge on any atom is 0.161 e. The van der Waals surface area contributed by atoms with Crippen LogP contribution in [0.15, 0.2) is 18.2 Å². The summed E-state index contributed by atoms with van der Waals surface area (Å²) in [6, 6.07) is 5.16. The summed E-state index contributed by atoms with van der Waals surface area (Å²) in [7, 11) is 1.87. The molecule has 1 aromatic heterocycles. The van der Waals surface area contributed by atoms with Gasteiger partial charge in [0.15, 0.2) is 5.82 Å². The first kappa shape index (κ1) is 10.6. The zero-order valence-corrected chi connectivity index (χ0v) is 9.99. The number of aryl methyl sites for hydroxylation is 1. The molecule has 1 aromatic carbocycles. The second-order valence-electron chi connectivity index (χ2n) is 4.63. The molecule has 3 nitrogen and oxygen atoms in total. The molecule has 0 aliphatic carbocycles. The lowest BCUT2D eigenvalue weighted by Crippen LogP contribution is -2.30.